The summed E-state index contributed by atoms with van der Waals surface area (Å²) in [7, 11) is 1.30. The Balaban J connectivity index is 3.76. The maximum absolute atomic E-state index is 11.1. The highest BCUT2D eigenvalue weighted by Crippen LogP contribution is 2.10. The first-order valence-corrected chi connectivity index (χ1v) is 5.41. The Kier molecular flexibility index (Phi) is 8.69. The van der Waals surface area contributed by atoms with Gasteiger partial charge in [-0.1, -0.05) is 39.0 Å². The number of aliphatic imine (C=N–C) groups is 1. The Morgan fingerprint density at radius 2 is 2.00 bits per heavy atom. The lowest BCUT2D eigenvalue weighted by molar-refractivity contribution is -0.142. The number of methoxy groups -OCH3 is 1. The van der Waals surface area contributed by atoms with E-state index >= 15 is 0 Å². The van der Waals surface area contributed by atoms with Crippen molar-refractivity contribution in [1.29, 1.82) is 0 Å². The number of rotatable bonds is 8. The zero-order chi connectivity index (χ0) is 11.5. The number of hydrogen-bond acceptors (Lipinski definition) is 4. The maximum atomic E-state index is 11.1. The minimum atomic E-state index is -0.658. The number of ether oxygens (including phenoxy) is 1. The van der Waals surface area contributed by atoms with Gasteiger partial charge in [-0.2, -0.15) is 4.99 Å². The minimum absolute atomic E-state index is 0.450. The molecule has 0 spiro atoms. The molecule has 0 N–H and O–H groups in total. The van der Waals surface area contributed by atoms with E-state index in [1.165, 1.54) is 26.0 Å². The molecule has 0 aromatic carbocycles. The topological polar surface area (TPSA) is 55.7 Å². The normalized spacial score (nSPS) is 11.6. The quantitative estimate of drug-likeness (QED) is 0.269. The van der Waals surface area contributed by atoms with Crippen molar-refractivity contribution in [3.05, 3.63) is 0 Å². The van der Waals surface area contributed by atoms with Crippen LogP contribution in [0.1, 0.15) is 45.4 Å². The zero-order valence-electron chi connectivity index (χ0n) is 9.49. The second-order valence-corrected chi connectivity index (χ2v) is 3.46. The second kappa shape index (κ2) is 9.41. The number of isocyanates is 1. The Morgan fingerprint density at radius 1 is 1.33 bits per heavy atom. The van der Waals surface area contributed by atoms with Gasteiger partial charge in [-0.3, -0.25) is 0 Å². The van der Waals surface area contributed by atoms with Crippen molar-refractivity contribution in [2.24, 2.45) is 4.99 Å². The summed E-state index contributed by atoms with van der Waals surface area (Å²) in [6.07, 6.45) is 7.50. The van der Waals surface area contributed by atoms with Crippen LogP contribution < -0.4 is 0 Å². The SMILES string of the molecule is CCCCCCCC(N=C=O)C(=O)OC. The van der Waals surface area contributed by atoms with E-state index in [4.69, 9.17) is 0 Å². The minimum Gasteiger partial charge on any atom is -0.467 e. The first-order valence-electron chi connectivity index (χ1n) is 5.41. The van der Waals surface area contributed by atoms with Crippen LogP contribution in [-0.4, -0.2) is 25.2 Å². The van der Waals surface area contributed by atoms with E-state index < -0.39 is 12.0 Å². The molecule has 0 rings (SSSR count). The lowest BCUT2D eigenvalue weighted by atomic mass is 10.1. The van der Waals surface area contributed by atoms with Gasteiger partial charge in [0.2, 0.25) is 6.08 Å². The van der Waals surface area contributed by atoms with Gasteiger partial charge in [-0.15, -0.1) is 0 Å². The van der Waals surface area contributed by atoms with Crippen LogP contribution >= 0.6 is 0 Å². The summed E-state index contributed by atoms with van der Waals surface area (Å²) >= 11 is 0. The molecule has 0 aromatic rings. The van der Waals surface area contributed by atoms with Gasteiger partial charge in [0.25, 0.3) is 0 Å². The van der Waals surface area contributed by atoms with Crippen LogP contribution in [0.4, 0.5) is 0 Å². The highest BCUT2D eigenvalue weighted by Gasteiger charge is 2.16. The summed E-state index contributed by atoms with van der Waals surface area (Å²) in [5.41, 5.74) is 0. The van der Waals surface area contributed by atoms with Gasteiger partial charge in [0.05, 0.1) is 7.11 Å². The molecule has 15 heavy (non-hydrogen) atoms. The van der Waals surface area contributed by atoms with Crippen LogP contribution in [-0.2, 0) is 14.3 Å². The van der Waals surface area contributed by atoms with Gasteiger partial charge in [0.15, 0.2) is 6.04 Å². The predicted molar refractivity (Wildman–Crippen MR) is 57.3 cm³/mol. The molecule has 0 radical (unpaired) electrons. The van der Waals surface area contributed by atoms with Gasteiger partial charge in [-0.25, -0.2) is 9.59 Å². The molecule has 0 heterocycles. The van der Waals surface area contributed by atoms with Crippen molar-refractivity contribution in [2.75, 3.05) is 7.11 Å². The fraction of sp³-hybridized carbons (Fsp3) is 0.818. The van der Waals surface area contributed by atoms with Gasteiger partial charge in [-0.05, 0) is 6.42 Å². The largest absolute Gasteiger partial charge is 0.467 e. The Bertz CT molecular complexity index is 222. The molecule has 4 heteroatoms. The third kappa shape index (κ3) is 6.86. The molecule has 1 unspecified atom stereocenters. The molecule has 0 saturated carbocycles. The summed E-state index contributed by atoms with van der Waals surface area (Å²) in [5, 5.41) is 0. The van der Waals surface area contributed by atoms with Crippen LogP contribution in [0, 0.1) is 0 Å². The van der Waals surface area contributed by atoms with E-state index in [0.29, 0.717) is 6.42 Å². The smallest absolute Gasteiger partial charge is 0.331 e. The molecule has 0 aliphatic rings. The van der Waals surface area contributed by atoms with E-state index in [1.807, 2.05) is 0 Å². The Morgan fingerprint density at radius 3 is 2.53 bits per heavy atom. The van der Waals surface area contributed by atoms with Crippen LogP contribution in [0.15, 0.2) is 4.99 Å². The summed E-state index contributed by atoms with van der Waals surface area (Å²) in [6, 6.07) is -0.658. The predicted octanol–water partition coefficient (Wildman–Crippen LogP) is 2.22. The second-order valence-electron chi connectivity index (χ2n) is 3.46. The molecule has 86 valence electrons. The summed E-state index contributed by atoms with van der Waals surface area (Å²) in [4.78, 5) is 24.6. The van der Waals surface area contributed by atoms with Gasteiger partial charge >= 0.3 is 5.97 Å². The standard InChI is InChI=1S/C11H19NO3/c1-3-4-5-6-7-8-10(12-9-13)11(14)15-2/h10H,3-8H2,1-2H3. The third-order valence-corrected chi connectivity index (χ3v) is 2.26. The number of esters is 1. The van der Waals surface area contributed by atoms with E-state index in [2.05, 4.69) is 16.7 Å². The number of nitrogens with zero attached hydrogens (tertiary/aromatic N) is 1. The molecule has 1 atom stereocenters. The number of unbranched alkanes of at least 4 members (excludes halogenated alkanes) is 4. The van der Waals surface area contributed by atoms with Crippen molar-refractivity contribution in [3.8, 4) is 0 Å². The van der Waals surface area contributed by atoms with Crippen LogP contribution in [0.5, 0.6) is 0 Å². The van der Waals surface area contributed by atoms with E-state index in [-0.39, 0.29) is 0 Å². The van der Waals surface area contributed by atoms with Crippen LogP contribution in [0.2, 0.25) is 0 Å². The Labute approximate surface area is 90.7 Å². The van der Waals surface area contributed by atoms with E-state index in [1.54, 1.807) is 0 Å². The number of carbonyl (C=O) groups is 1. The van der Waals surface area contributed by atoms with Crippen molar-refractivity contribution >= 4 is 12.0 Å². The summed E-state index contributed by atoms with van der Waals surface area (Å²) in [6.45, 7) is 2.15. The zero-order valence-corrected chi connectivity index (χ0v) is 9.49. The van der Waals surface area contributed by atoms with E-state index in [0.717, 1.165) is 19.3 Å². The summed E-state index contributed by atoms with van der Waals surface area (Å²) < 4.78 is 4.53. The molecule has 0 amide bonds. The molecular formula is C11H19NO3. The molecule has 0 aliphatic carbocycles. The number of carbonyl (C=O) groups excluding carboxylic acids is 2. The van der Waals surface area contributed by atoms with Gasteiger partial charge < -0.3 is 4.74 Å². The monoisotopic (exact) mass is 213 g/mol. The molecule has 0 aromatic heterocycles. The average Bonchev–Trinajstić information content (AvgIpc) is 2.26. The van der Waals surface area contributed by atoms with Crippen LogP contribution in [0.25, 0.3) is 0 Å². The fourth-order valence-corrected chi connectivity index (χ4v) is 1.38. The molecule has 0 aliphatic heterocycles. The lowest BCUT2D eigenvalue weighted by Gasteiger charge is -2.07. The summed E-state index contributed by atoms with van der Waals surface area (Å²) in [5.74, 6) is -0.450. The molecule has 0 bridgehead atoms. The average molecular weight is 213 g/mol. The number of hydrogen-bond donors (Lipinski definition) is 0. The fourth-order valence-electron chi connectivity index (χ4n) is 1.38. The molecular weight excluding hydrogens is 194 g/mol. The van der Waals surface area contributed by atoms with E-state index in [9.17, 15) is 9.59 Å². The van der Waals surface area contributed by atoms with Crippen LogP contribution in [0.3, 0.4) is 0 Å². The van der Waals surface area contributed by atoms with Crippen molar-refractivity contribution in [3.63, 3.8) is 0 Å². The van der Waals surface area contributed by atoms with Gasteiger partial charge in [0.1, 0.15) is 0 Å². The first-order chi connectivity index (χ1) is 7.26. The maximum Gasteiger partial charge on any atom is 0.331 e. The van der Waals surface area contributed by atoms with Crippen molar-refractivity contribution in [2.45, 2.75) is 51.5 Å². The molecule has 0 saturated heterocycles. The van der Waals surface area contributed by atoms with Crippen molar-refractivity contribution in [1.82, 2.24) is 0 Å². The lowest BCUT2D eigenvalue weighted by Crippen LogP contribution is -2.19. The highest BCUT2D eigenvalue weighted by atomic mass is 16.5. The molecule has 0 fully saturated rings. The molecule has 4 nitrogen and oxygen atoms in total. The highest BCUT2D eigenvalue weighted by molar-refractivity contribution is 5.76. The van der Waals surface area contributed by atoms with Crippen molar-refractivity contribution < 1.29 is 14.3 Å². The first kappa shape index (κ1) is 13.8. The third-order valence-electron chi connectivity index (χ3n) is 2.26. The van der Waals surface area contributed by atoms with Gasteiger partial charge in [0, 0.05) is 0 Å². The Hall–Kier alpha value is -1.15.